The fraction of sp³-hybridized carbons (Fsp3) is 0. The summed E-state index contributed by atoms with van der Waals surface area (Å²) in [7, 11) is -1.51. The molecular formula is C12H6BClO3. The van der Waals surface area contributed by atoms with Crippen LogP contribution in [0.5, 0.6) is 0 Å². The first-order valence-electron chi connectivity index (χ1n) is 4.97. The van der Waals surface area contributed by atoms with Crippen LogP contribution in [0, 0.1) is 12.1 Å². The number of furan rings is 1. The van der Waals surface area contributed by atoms with E-state index >= 15 is 0 Å². The maximum absolute atomic E-state index is 9.08. The van der Waals surface area contributed by atoms with Crippen LogP contribution in [-0.2, 0) is 0 Å². The van der Waals surface area contributed by atoms with Gasteiger partial charge >= 0.3 is 7.12 Å². The zero-order chi connectivity index (χ0) is 12.0. The van der Waals surface area contributed by atoms with Crippen molar-refractivity contribution in [2.24, 2.45) is 0 Å². The summed E-state index contributed by atoms with van der Waals surface area (Å²) < 4.78 is 5.57. The molecule has 0 amide bonds. The van der Waals surface area contributed by atoms with Crippen molar-refractivity contribution in [3.63, 3.8) is 0 Å². The van der Waals surface area contributed by atoms with E-state index in [0.717, 1.165) is 10.8 Å². The summed E-state index contributed by atoms with van der Waals surface area (Å²) in [5.74, 6) is 0. The molecule has 0 aliphatic rings. The summed E-state index contributed by atoms with van der Waals surface area (Å²) in [6, 6.07) is 12.3. The van der Waals surface area contributed by atoms with Crippen LogP contribution < -0.4 is 5.46 Å². The number of benzene rings is 1. The van der Waals surface area contributed by atoms with Crippen molar-refractivity contribution in [2.45, 2.75) is 0 Å². The van der Waals surface area contributed by atoms with E-state index in [-0.39, 0.29) is 0 Å². The van der Waals surface area contributed by atoms with Crippen LogP contribution in [-0.4, -0.2) is 17.2 Å². The lowest BCUT2D eigenvalue weighted by Crippen LogP contribution is -2.29. The molecule has 0 saturated carbocycles. The number of hydrogen-bond acceptors (Lipinski definition) is 3. The summed E-state index contributed by atoms with van der Waals surface area (Å²) in [6.45, 7) is 0. The maximum atomic E-state index is 9.08. The molecule has 3 nitrogen and oxygen atoms in total. The molecule has 2 aromatic carbocycles. The molecule has 5 heteroatoms. The van der Waals surface area contributed by atoms with E-state index in [9.17, 15) is 0 Å². The molecule has 0 spiro atoms. The Balaban J connectivity index is 2.35. The Bertz CT molecular complexity index is 705. The third-order valence-corrected chi connectivity index (χ3v) is 2.81. The molecule has 0 radical (unpaired) electrons. The van der Waals surface area contributed by atoms with Crippen LogP contribution in [0.1, 0.15) is 0 Å². The zero-order valence-corrected chi connectivity index (χ0v) is 9.32. The van der Waals surface area contributed by atoms with Gasteiger partial charge in [0.05, 0.1) is 10.4 Å². The lowest BCUT2D eigenvalue weighted by atomic mass is 9.80. The predicted octanol–water partition coefficient (Wildman–Crippen LogP) is 1.52. The van der Waals surface area contributed by atoms with Crippen molar-refractivity contribution in [1.29, 1.82) is 0 Å². The normalized spacial score (nSPS) is 10.8. The van der Waals surface area contributed by atoms with Crippen molar-refractivity contribution in [1.82, 2.24) is 0 Å². The van der Waals surface area contributed by atoms with E-state index in [1.807, 2.05) is 0 Å². The quantitative estimate of drug-likeness (QED) is 0.638. The van der Waals surface area contributed by atoms with Gasteiger partial charge in [-0.3, -0.25) is 0 Å². The fourth-order valence-electron chi connectivity index (χ4n) is 1.80. The van der Waals surface area contributed by atoms with Gasteiger partial charge in [-0.2, -0.15) is 0 Å². The molecule has 0 aliphatic carbocycles. The van der Waals surface area contributed by atoms with E-state index in [1.165, 1.54) is 0 Å². The van der Waals surface area contributed by atoms with Crippen LogP contribution in [0.25, 0.3) is 21.9 Å². The lowest BCUT2D eigenvalue weighted by molar-refractivity contribution is 0.425. The highest BCUT2D eigenvalue weighted by molar-refractivity contribution is 6.58. The molecule has 2 N–H and O–H groups in total. The highest BCUT2D eigenvalue weighted by atomic mass is 35.5. The standard InChI is InChI=1S/C12H6BClO3/c14-8-2-4-10-9-3-1-7(13(15)16)5-11(9)17-12(10)6-8/h1,3,5-6,15-16H. The number of rotatable bonds is 1. The van der Waals surface area contributed by atoms with Crippen LogP contribution in [0.3, 0.4) is 0 Å². The molecule has 0 saturated heterocycles. The Morgan fingerprint density at radius 2 is 1.94 bits per heavy atom. The van der Waals surface area contributed by atoms with E-state index < -0.39 is 7.12 Å². The number of fused-ring (bicyclic) bond motifs is 3. The molecule has 3 rings (SSSR count). The average Bonchev–Trinajstić information content (AvgIpc) is 2.64. The molecule has 0 bridgehead atoms. The molecule has 0 atom stereocenters. The third-order valence-electron chi connectivity index (χ3n) is 2.60. The molecule has 17 heavy (non-hydrogen) atoms. The van der Waals surface area contributed by atoms with Crippen LogP contribution in [0.4, 0.5) is 0 Å². The Morgan fingerprint density at radius 1 is 1.12 bits per heavy atom. The Morgan fingerprint density at radius 3 is 2.71 bits per heavy atom. The van der Waals surface area contributed by atoms with E-state index in [0.29, 0.717) is 21.7 Å². The highest BCUT2D eigenvalue weighted by Gasteiger charge is 2.14. The van der Waals surface area contributed by atoms with Crippen LogP contribution in [0.15, 0.2) is 28.7 Å². The first-order chi connectivity index (χ1) is 8.15. The zero-order valence-electron chi connectivity index (χ0n) is 8.57. The monoisotopic (exact) mass is 244 g/mol. The second kappa shape index (κ2) is 3.68. The van der Waals surface area contributed by atoms with E-state index in [1.54, 1.807) is 24.3 Å². The highest BCUT2D eigenvalue weighted by Crippen LogP contribution is 2.27. The molecule has 0 fully saturated rings. The van der Waals surface area contributed by atoms with Gasteiger partial charge in [0, 0.05) is 11.5 Å². The van der Waals surface area contributed by atoms with Gasteiger partial charge in [0.2, 0.25) is 0 Å². The van der Waals surface area contributed by atoms with E-state index in [4.69, 9.17) is 26.1 Å². The summed E-state index contributed by atoms with van der Waals surface area (Å²) in [4.78, 5) is 0. The van der Waals surface area contributed by atoms with Gasteiger partial charge < -0.3 is 14.5 Å². The smallest absolute Gasteiger partial charge is 0.455 e. The van der Waals surface area contributed by atoms with Crippen molar-refractivity contribution in [3.8, 4) is 0 Å². The average molecular weight is 244 g/mol. The molecule has 0 aliphatic heterocycles. The van der Waals surface area contributed by atoms with Gasteiger partial charge in [-0.05, 0) is 17.6 Å². The van der Waals surface area contributed by atoms with Gasteiger partial charge in [0.15, 0.2) is 0 Å². The second-order valence-corrected chi connectivity index (χ2v) is 4.12. The van der Waals surface area contributed by atoms with E-state index in [2.05, 4.69) is 12.1 Å². The van der Waals surface area contributed by atoms with Gasteiger partial charge in [0.1, 0.15) is 11.2 Å². The van der Waals surface area contributed by atoms with Gasteiger partial charge in [0.25, 0.3) is 0 Å². The summed E-state index contributed by atoms with van der Waals surface area (Å²) in [5, 5.41) is 20.2. The number of halogens is 1. The SMILES string of the molecule is OB(O)c1ccc2c(c1)oc1cc(Cl)c#cc12. The first-order valence-corrected chi connectivity index (χ1v) is 5.35. The molecule has 82 valence electrons. The largest absolute Gasteiger partial charge is 0.488 e. The Hall–Kier alpha value is -1.67. The molecule has 3 aromatic rings. The minimum absolute atomic E-state index is 0.381. The molecule has 1 heterocycles. The fourth-order valence-corrected chi connectivity index (χ4v) is 1.94. The maximum Gasteiger partial charge on any atom is 0.488 e. The minimum atomic E-state index is -1.51. The second-order valence-electron chi connectivity index (χ2n) is 3.71. The van der Waals surface area contributed by atoms with Crippen molar-refractivity contribution >= 4 is 46.1 Å². The van der Waals surface area contributed by atoms with Gasteiger partial charge in [-0.25, -0.2) is 0 Å². The molecule has 0 unspecified atom stereocenters. The molecule has 1 aromatic heterocycles. The van der Waals surface area contributed by atoms with Gasteiger partial charge in [-0.15, -0.1) is 0 Å². The topological polar surface area (TPSA) is 53.6 Å². The van der Waals surface area contributed by atoms with Crippen LogP contribution in [0.2, 0.25) is 5.02 Å². The van der Waals surface area contributed by atoms with Gasteiger partial charge in [-0.1, -0.05) is 29.8 Å². The molecular weight excluding hydrogens is 238 g/mol. The van der Waals surface area contributed by atoms with Crippen molar-refractivity contribution in [2.75, 3.05) is 0 Å². The van der Waals surface area contributed by atoms with Crippen LogP contribution >= 0.6 is 11.6 Å². The Kier molecular flexibility index (Phi) is 2.27. The first kappa shape index (κ1) is 10.5. The predicted molar refractivity (Wildman–Crippen MR) is 66.2 cm³/mol. The number of hydrogen-bond donors (Lipinski definition) is 2. The van der Waals surface area contributed by atoms with Crippen molar-refractivity contribution < 1.29 is 14.5 Å². The summed E-state index contributed by atoms with van der Waals surface area (Å²) >= 11 is 5.80. The minimum Gasteiger partial charge on any atom is -0.455 e. The summed E-state index contributed by atoms with van der Waals surface area (Å²) in [6.07, 6.45) is 0. The summed E-state index contributed by atoms with van der Waals surface area (Å²) in [5.41, 5.74) is 1.55. The third kappa shape index (κ3) is 1.65. The van der Waals surface area contributed by atoms with Crippen molar-refractivity contribution in [3.05, 3.63) is 41.4 Å². The Labute approximate surface area is 102 Å². The lowest BCUT2D eigenvalue weighted by Gasteiger charge is -1.97.